The van der Waals surface area contributed by atoms with E-state index in [-0.39, 0.29) is 24.8 Å². The molecule has 0 bridgehead atoms. The van der Waals surface area contributed by atoms with E-state index in [1.165, 1.54) is 0 Å². The highest BCUT2D eigenvalue weighted by atomic mass is 16.5. The number of hydrogen-bond acceptors (Lipinski definition) is 5. The smallest absolute Gasteiger partial charge is 0.359 e. The monoisotopic (exact) mass is 389 g/mol. The molecule has 0 atom stereocenters. The number of nitrogens with zero attached hydrogens (tertiary/aromatic N) is 2. The van der Waals surface area contributed by atoms with Gasteiger partial charge in [-0.15, -0.1) is 0 Å². The molecule has 0 spiro atoms. The van der Waals surface area contributed by atoms with Crippen LogP contribution in [-0.2, 0) is 22.6 Å². The average molecular weight is 389 g/mol. The lowest BCUT2D eigenvalue weighted by atomic mass is 10.2. The van der Waals surface area contributed by atoms with E-state index < -0.39 is 5.97 Å². The summed E-state index contributed by atoms with van der Waals surface area (Å²) in [6, 6.07) is 20.4. The fourth-order valence-electron chi connectivity index (χ4n) is 3.03. The normalized spacial score (nSPS) is 10.8. The van der Waals surface area contributed by atoms with Crippen LogP contribution in [0.15, 0.2) is 77.4 Å². The number of aromatic nitrogens is 2. The van der Waals surface area contributed by atoms with E-state index in [0.717, 1.165) is 11.1 Å². The molecular formula is C22H19N3O4. The lowest BCUT2D eigenvalue weighted by molar-refractivity contribution is -0.136. The first-order valence-corrected chi connectivity index (χ1v) is 9.15. The topological polar surface area (TPSA) is 88.4 Å². The summed E-state index contributed by atoms with van der Waals surface area (Å²) in [5.74, 6) is -0.314. The minimum Gasteiger partial charge on any atom is -0.467 e. The summed E-state index contributed by atoms with van der Waals surface area (Å²) in [4.78, 5) is 26.8. The second-order valence-corrected chi connectivity index (χ2v) is 6.51. The summed E-state index contributed by atoms with van der Waals surface area (Å²) >= 11 is 0. The van der Waals surface area contributed by atoms with Crippen LogP contribution in [0.3, 0.4) is 0 Å². The van der Waals surface area contributed by atoms with Crippen molar-refractivity contribution >= 4 is 22.8 Å². The number of ether oxygens (including phenoxy) is 1. The summed E-state index contributed by atoms with van der Waals surface area (Å²) < 4.78 is 10.6. The Kier molecular flexibility index (Phi) is 5.38. The Balaban J connectivity index is 1.44. The highest BCUT2D eigenvalue weighted by Crippen LogP contribution is 2.16. The molecule has 2 heterocycles. The molecule has 0 unspecified atom stereocenters. The van der Waals surface area contributed by atoms with Crippen LogP contribution in [0.4, 0.5) is 0 Å². The van der Waals surface area contributed by atoms with Crippen molar-refractivity contribution in [2.24, 2.45) is 0 Å². The van der Waals surface area contributed by atoms with Gasteiger partial charge in [0, 0.05) is 11.9 Å². The molecular weight excluding hydrogens is 370 g/mol. The molecule has 0 radical (unpaired) electrons. The van der Waals surface area contributed by atoms with E-state index in [9.17, 15) is 9.59 Å². The molecule has 7 heteroatoms. The van der Waals surface area contributed by atoms with Gasteiger partial charge >= 0.3 is 5.97 Å². The third kappa shape index (κ3) is 4.35. The molecule has 0 aliphatic carbocycles. The molecule has 29 heavy (non-hydrogen) atoms. The zero-order chi connectivity index (χ0) is 20.1. The lowest BCUT2D eigenvalue weighted by Crippen LogP contribution is -2.33. The first kappa shape index (κ1) is 18.5. The first-order valence-electron chi connectivity index (χ1n) is 9.15. The molecule has 2 aromatic carbocycles. The van der Waals surface area contributed by atoms with Crippen molar-refractivity contribution < 1.29 is 18.7 Å². The number of fused-ring (bicyclic) bond motifs is 1. The molecule has 0 saturated heterocycles. The zero-order valence-electron chi connectivity index (χ0n) is 15.6. The second kappa shape index (κ2) is 8.43. The summed E-state index contributed by atoms with van der Waals surface area (Å²) in [5.41, 5.74) is 1.86. The van der Waals surface area contributed by atoms with Crippen molar-refractivity contribution in [3.05, 3.63) is 90.0 Å². The number of nitrogens with one attached hydrogen (secondary N) is 1. The van der Waals surface area contributed by atoms with Gasteiger partial charge < -0.3 is 14.1 Å². The highest BCUT2D eigenvalue weighted by Gasteiger charge is 2.20. The van der Waals surface area contributed by atoms with Gasteiger partial charge in [-0.1, -0.05) is 48.5 Å². The highest BCUT2D eigenvalue weighted by molar-refractivity contribution is 6.02. The van der Waals surface area contributed by atoms with E-state index in [4.69, 9.17) is 9.15 Å². The number of amides is 1. The third-order valence-corrected chi connectivity index (χ3v) is 4.49. The van der Waals surface area contributed by atoms with Crippen molar-refractivity contribution in [3.63, 3.8) is 0 Å². The van der Waals surface area contributed by atoms with Gasteiger partial charge in [0.25, 0.3) is 5.91 Å². The van der Waals surface area contributed by atoms with Crippen molar-refractivity contribution in [2.75, 3.05) is 6.61 Å². The number of furan rings is 1. The van der Waals surface area contributed by atoms with E-state index >= 15 is 0 Å². The van der Waals surface area contributed by atoms with Crippen LogP contribution in [0.5, 0.6) is 0 Å². The quantitative estimate of drug-likeness (QED) is 0.489. The summed E-state index contributed by atoms with van der Waals surface area (Å²) in [5, 5.41) is 7.44. The molecule has 4 rings (SSSR count). The number of H-pyrrole nitrogens is 1. The maximum atomic E-state index is 12.8. The first-order chi connectivity index (χ1) is 14.2. The molecule has 0 aliphatic rings. The summed E-state index contributed by atoms with van der Waals surface area (Å²) in [7, 11) is 0. The molecule has 4 aromatic rings. The molecule has 0 aliphatic heterocycles. The number of para-hydroxylation sites is 1. The van der Waals surface area contributed by atoms with Crippen LogP contribution >= 0.6 is 0 Å². The third-order valence-electron chi connectivity index (χ3n) is 4.49. The summed E-state index contributed by atoms with van der Waals surface area (Å²) in [6.45, 7) is 0.278. The van der Waals surface area contributed by atoms with Gasteiger partial charge in [-0.2, -0.15) is 5.10 Å². The van der Waals surface area contributed by atoms with Gasteiger partial charge in [0.1, 0.15) is 5.76 Å². The Hall–Kier alpha value is -3.87. The Bertz CT molecular complexity index is 1100. The average Bonchev–Trinajstić information content (AvgIpc) is 3.42. The fraction of sp³-hybridized carbons (Fsp3) is 0.136. The fourth-order valence-corrected chi connectivity index (χ4v) is 3.03. The minimum atomic E-state index is -0.645. The molecule has 1 N–H and O–H groups in total. The van der Waals surface area contributed by atoms with Crippen LogP contribution in [0, 0.1) is 0 Å². The number of aromatic amines is 1. The molecule has 1 amide bonds. The molecule has 7 nitrogen and oxygen atoms in total. The number of rotatable bonds is 7. The standard InChI is InChI=1S/C22H19N3O4/c26-20(15-29-22(27)21-18-10-4-5-11-19(18)23-24-21)25(14-17-9-6-12-28-17)13-16-7-2-1-3-8-16/h1-12H,13-15H2,(H,23,24). The molecule has 0 fully saturated rings. The minimum absolute atomic E-state index is 0.161. The predicted molar refractivity (Wildman–Crippen MR) is 106 cm³/mol. The van der Waals surface area contributed by atoms with Crippen molar-refractivity contribution in [1.29, 1.82) is 0 Å². The van der Waals surface area contributed by atoms with Gasteiger partial charge in [0.05, 0.1) is 18.3 Å². The maximum absolute atomic E-state index is 12.8. The largest absolute Gasteiger partial charge is 0.467 e. The Morgan fingerprint density at radius 2 is 1.76 bits per heavy atom. The Morgan fingerprint density at radius 3 is 2.55 bits per heavy atom. The van der Waals surface area contributed by atoms with Gasteiger partial charge in [0.15, 0.2) is 12.3 Å². The number of benzene rings is 2. The van der Waals surface area contributed by atoms with Crippen LogP contribution < -0.4 is 0 Å². The molecule has 2 aromatic heterocycles. The maximum Gasteiger partial charge on any atom is 0.359 e. The van der Waals surface area contributed by atoms with E-state index in [0.29, 0.717) is 17.7 Å². The van der Waals surface area contributed by atoms with E-state index in [1.54, 1.807) is 29.4 Å². The Labute approximate surface area is 166 Å². The van der Waals surface area contributed by atoms with E-state index in [1.807, 2.05) is 48.5 Å². The molecule has 146 valence electrons. The predicted octanol–water partition coefficient (Wildman–Crippen LogP) is 3.54. The van der Waals surface area contributed by atoms with E-state index in [2.05, 4.69) is 10.2 Å². The van der Waals surface area contributed by atoms with Crippen LogP contribution in [0.1, 0.15) is 21.8 Å². The van der Waals surface area contributed by atoms with Gasteiger partial charge in [0.2, 0.25) is 0 Å². The molecule has 0 saturated carbocycles. The van der Waals surface area contributed by atoms with Crippen LogP contribution in [0.25, 0.3) is 10.9 Å². The van der Waals surface area contributed by atoms with Gasteiger partial charge in [-0.25, -0.2) is 4.79 Å². The zero-order valence-corrected chi connectivity index (χ0v) is 15.6. The van der Waals surface area contributed by atoms with Crippen LogP contribution in [-0.4, -0.2) is 33.6 Å². The summed E-state index contributed by atoms with van der Waals surface area (Å²) in [6.07, 6.45) is 1.56. The van der Waals surface area contributed by atoms with Crippen LogP contribution in [0.2, 0.25) is 0 Å². The van der Waals surface area contributed by atoms with Gasteiger partial charge in [-0.3, -0.25) is 9.89 Å². The number of carbonyl (C=O) groups excluding carboxylic acids is 2. The second-order valence-electron chi connectivity index (χ2n) is 6.51. The van der Waals surface area contributed by atoms with Crippen molar-refractivity contribution in [3.8, 4) is 0 Å². The van der Waals surface area contributed by atoms with Gasteiger partial charge in [-0.05, 0) is 23.8 Å². The van der Waals surface area contributed by atoms with Crippen molar-refractivity contribution in [1.82, 2.24) is 15.1 Å². The Morgan fingerprint density at radius 1 is 0.966 bits per heavy atom. The number of carbonyl (C=O) groups is 2. The number of esters is 1. The van der Waals surface area contributed by atoms with Crippen molar-refractivity contribution in [2.45, 2.75) is 13.1 Å². The lowest BCUT2D eigenvalue weighted by Gasteiger charge is -2.21. The SMILES string of the molecule is O=C(OCC(=O)N(Cc1ccccc1)Cc1ccco1)c1n[nH]c2ccccc12. The number of hydrogen-bond donors (Lipinski definition) is 1.